The fraction of sp³-hybridized carbons (Fsp3) is 0.125. The van der Waals surface area contributed by atoms with Gasteiger partial charge in [-0.25, -0.2) is 0 Å². The van der Waals surface area contributed by atoms with Gasteiger partial charge in [0.15, 0.2) is 12.4 Å². The summed E-state index contributed by atoms with van der Waals surface area (Å²) < 4.78 is 5.18. The standard InChI is InChI=1S/C16H13ClN2O5/c17-13-4-1-11(2-5-13)8-18-16(21)10-24-15-6-3-12(9-20)7-14(15)19(22)23/h1-7,9H,8,10H2,(H,18,21). The summed E-state index contributed by atoms with van der Waals surface area (Å²) in [6.45, 7) is -0.0968. The summed E-state index contributed by atoms with van der Waals surface area (Å²) in [6, 6.07) is 10.7. The highest BCUT2D eigenvalue weighted by atomic mass is 35.5. The average molecular weight is 349 g/mol. The van der Waals surface area contributed by atoms with Crippen LogP contribution in [-0.2, 0) is 11.3 Å². The minimum Gasteiger partial charge on any atom is -0.477 e. The van der Waals surface area contributed by atoms with Gasteiger partial charge in [-0.2, -0.15) is 0 Å². The van der Waals surface area contributed by atoms with Crippen molar-refractivity contribution in [1.29, 1.82) is 0 Å². The van der Waals surface area contributed by atoms with Crippen molar-refractivity contribution < 1.29 is 19.2 Å². The van der Waals surface area contributed by atoms with Crippen molar-refractivity contribution in [2.24, 2.45) is 0 Å². The van der Waals surface area contributed by atoms with E-state index in [-0.39, 0.29) is 30.2 Å². The molecule has 0 spiro atoms. The summed E-state index contributed by atoms with van der Waals surface area (Å²) in [4.78, 5) is 32.7. The second kappa shape index (κ2) is 8.07. The second-order valence-corrected chi connectivity index (χ2v) is 5.23. The maximum absolute atomic E-state index is 11.8. The Labute approximate surface area is 142 Å². The molecule has 2 rings (SSSR count). The lowest BCUT2D eigenvalue weighted by Crippen LogP contribution is -2.28. The molecule has 0 saturated heterocycles. The highest BCUT2D eigenvalue weighted by Crippen LogP contribution is 2.27. The molecule has 0 aromatic heterocycles. The van der Waals surface area contributed by atoms with E-state index in [2.05, 4.69) is 5.32 Å². The van der Waals surface area contributed by atoms with E-state index in [4.69, 9.17) is 16.3 Å². The molecule has 124 valence electrons. The van der Waals surface area contributed by atoms with Crippen molar-refractivity contribution >= 4 is 29.5 Å². The van der Waals surface area contributed by atoms with Crippen LogP contribution in [-0.4, -0.2) is 23.7 Å². The molecule has 0 atom stereocenters. The third-order valence-electron chi connectivity index (χ3n) is 3.08. The predicted octanol–water partition coefficient (Wildman–Crippen LogP) is 2.76. The van der Waals surface area contributed by atoms with Gasteiger partial charge in [0.1, 0.15) is 6.29 Å². The third-order valence-corrected chi connectivity index (χ3v) is 3.33. The van der Waals surface area contributed by atoms with Crippen molar-refractivity contribution in [3.05, 3.63) is 68.7 Å². The lowest BCUT2D eigenvalue weighted by atomic mass is 10.2. The Hall–Kier alpha value is -2.93. The van der Waals surface area contributed by atoms with E-state index in [0.29, 0.717) is 11.3 Å². The van der Waals surface area contributed by atoms with Crippen LogP contribution in [0.15, 0.2) is 42.5 Å². The molecule has 24 heavy (non-hydrogen) atoms. The first kappa shape index (κ1) is 17.4. The summed E-state index contributed by atoms with van der Waals surface area (Å²) >= 11 is 5.77. The van der Waals surface area contributed by atoms with E-state index in [0.717, 1.165) is 11.6 Å². The topological polar surface area (TPSA) is 98.5 Å². The Kier molecular flexibility index (Phi) is 5.86. The number of aldehydes is 1. The molecule has 2 aromatic rings. The lowest BCUT2D eigenvalue weighted by Gasteiger charge is -2.08. The van der Waals surface area contributed by atoms with Crippen LogP contribution in [0, 0.1) is 10.1 Å². The Balaban J connectivity index is 1.92. The maximum Gasteiger partial charge on any atom is 0.311 e. The number of carbonyl (C=O) groups excluding carboxylic acids is 2. The van der Waals surface area contributed by atoms with Crippen LogP contribution in [0.3, 0.4) is 0 Å². The fourth-order valence-electron chi connectivity index (χ4n) is 1.87. The molecule has 0 aliphatic carbocycles. The monoisotopic (exact) mass is 348 g/mol. The van der Waals surface area contributed by atoms with Crippen LogP contribution in [0.25, 0.3) is 0 Å². The van der Waals surface area contributed by atoms with E-state index in [1.807, 2.05) is 0 Å². The number of nitro benzene ring substituents is 1. The van der Waals surface area contributed by atoms with Gasteiger partial charge in [-0.3, -0.25) is 19.7 Å². The van der Waals surface area contributed by atoms with Gasteiger partial charge in [-0.15, -0.1) is 0 Å². The number of ether oxygens (including phenoxy) is 1. The molecule has 2 aromatic carbocycles. The van der Waals surface area contributed by atoms with Gasteiger partial charge >= 0.3 is 5.69 Å². The minimum atomic E-state index is -0.673. The van der Waals surface area contributed by atoms with Crippen molar-refractivity contribution in [3.63, 3.8) is 0 Å². The van der Waals surface area contributed by atoms with Crippen LogP contribution in [0.4, 0.5) is 5.69 Å². The van der Waals surface area contributed by atoms with Crippen LogP contribution >= 0.6 is 11.6 Å². The molecule has 0 unspecified atom stereocenters. The molecule has 8 heteroatoms. The minimum absolute atomic E-state index is 0.0766. The number of hydrogen-bond donors (Lipinski definition) is 1. The smallest absolute Gasteiger partial charge is 0.311 e. The molecule has 0 aliphatic heterocycles. The number of hydrogen-bond acceptors (Lipinski definition) is 5. The molecule has 0 bridgehead atoms. The second-order valence-electron chi connectivity index (χ2n) is 4.79. The highest BCUT2D eigenvalue weighted by Gasteiger charge is 2.17. The number of amides is 1. The molecular formula is C16H13ClN2O5. The lowest BCUT2D eigenvalue weighted by molar-refractivity contribution is -0.385. The van der Waals surface area contributed by atoms with Gasteiger partial charge in [0.2, 0.25) is 0 Å². The zero-order valence-corrected chi connectivity index (χ0v) is 13.2. The third kappa shape index (κ3) is 4.79. The predicted molar refractivity (Wildman–Crippen MR) is 87.3 cm³/mol. The fourth-order valence-corrected chi connectivity index (χ4v) is 2.00. The number of nitrogens with zero attached hydrogens (tertiary/aromatic N) is 1. The van der Waals surface area contributed by atoms with Crippen molar-refractivity contribution in [1.82, 2.24) is 5.32 Å². The molecule has 0 aliphatic rings. The van der Waals surface area contributed by atoms with Gasteiger partial charge in [-0.05, 0) is 29.8 Å². The molecule has 0 saturated carbocycles. The highest BCUT2D eigenvalue weighted by molar-refractivity contribution is 6.30. The number of nitrogens with one attached hydrogen (secondary N) is 1. The number of benzene rings is 2. The number of halogens is 1. The van der Waals surface area contributed by atoms with Gasteiger partial charge in [-0.1, -0.05) is 23.7 Å². The molecule has 1 amide bonds. The Morgan fingerprint density at radius 2 is 1.96 bits per heavy atom. The average Bonchev–Trinajstić information content (AvgIpc) is 2.59. The zero-order chi connectivity index (χ0) is 17.5. The number of rotatable bonds is 7. The summed E-state index contributed by atoms with van der Waals surface area (Å²) in [6.07, 6.45) is 0.496. The Morgan fingerprint density at radius 3 is 2.58 bits per heavy atom. The van der Waals surface area contributed by atoms with Gasteiger partial charge in [0, 0.05) is 23.2 Å². The van der Waals surface area contributed by atoms with Gasteiger partial charge < -0.3 is 10.1 Å². The Morgan fingerprint density at radius 1 is 1.25 bits per heavy atom. The van der Waals surface area contributed by atoms with E-state index < -0.39 is 10.8 Å². The van der Waals surface area contributed by atoms with Crippen molar-refractivity contribution in [3.8, 4) is 5.75 Å². The van der Waals surface area contributed by atoms with Crippen molar-refractivity contribution in [2.45, 2.75) is 6.54 Å². The first-order chi connectivity index (χ1) is 11.5. The largest absolute Gasteiger partial charge is 0.477 e. The normalized spacial score (nSPS) is 10.0. The summed E-state index contributed by atoms with van der Waals surface area (Å²) in [7, 11) is 0. The van der Waals surface area contributed by atoms with Crippen molar-refractivity contribution in [2.75, 3.05) is 6.61 Å². The van der Waals surface area contributed by atoms with Crippen LogP contribution < -0.4 is 10.1 Å². The molecule has 0 heterocycles. The number of carbonyl (C=O) groups is 2. The molecule has 1 N–H and O–H groups in total. The zero-order valence-electron chi connectivity index (χ0n) is 12.4. The first-order valence-electron chi connectivity index (χ1n) is 6.87. The van der Waals surface area contributed by atoms with E-state index >= 15 is 0 Å². The molecule has 0 radical (unpaired) electrons. The summed E-state index contributed by atoms with van der Waals surface area (Å²) in [5, 5.41) is 14.2. The SMILES string of the molecule is O=Cc1ccc(OCC(=O)NCc2ccc(Cl)cc2)c([N+](=O)[O-])c1. The molecule has 0 fully saturated rings. The first-order valence-corrected chi connectivity index (χ1v) is 7.25. The molecular weight excluding hydrogens is 336 g/mol. The quantitative estimate of drug-likeness (QED) is 0.471. The van der Waals surface area contributed by atoms with E-state index in [9.17, 15) is 19.7 Å². The summed E-state index contributed by atoms with van der Waals surface area (Å²) in [5.74, 6) is -0.508. The van der Waals surface area contributed by atoms with Crippen LogP contribution in [0.1, 0.15) is 15.9 Å². The van der Waals surface area contributed by atoms with Gasteiger partial charge in [0.05, 0.1) is 4.92 Å². The summed E-state index contributed by atoms with van der Waals surface area (Å²) in [5.41, 5.74) is 0.639. The van der Waals surface area contributed by atoms with Gasteiger partial charge in [0.25, 0.3) is 5.91 Å². The molecule has 7 nitrogen and oxygen atoms in total. The maximum atomic E-state index is 11.8. The number of nitro groups is 1. The van der Waals surface area contributed by atoms with Crippen LogP contribution in [0.5, 0.6) is 5.75 Å². The Bertz CT molecular complexity index is 762. The van der Waals surface area contributed by atoms with E-state index in [1.54, 1.807) is 24.3 Å². The van der Waals surface area contributed by atoms with E-state index in [1.165, 1.54) is 12.1 Å². The van der Waals surface area contributed by atoms with Crippen LogP contribution in [0.2, 0.25) is 5.02 Å².